The molecule has 0 unspecified atom stereocenters. The molecule has 1 N–H and O–H groups in total. The molecule has 1 aromatic rings. The van der Waals surface area contributed by atoms with Gasteiger partial charge in [0, 0.05) is 5.56 Å². The van der Waals surface area contributed by atoms with Gasteiger partial charge in [0.1, 0.15) is 0 Å². The molecule has 3 nitrogen and oxygen atoms in total. The molecule has 86 valence electrons. The zero-order chi connectivity index (χ0) is 12.3. The Morgan fingerprint density at radius 3 is 2.50 bits per heavy atom. The fourth-order valence-electron chi connectivity index (χ4n) is 1.63. The molecule has 0 aromatic heterocycles. The lowest BCUT2D eigenvalue weighted by Crippen LogP contribution is -2.09. The van der Waals surface area contributed by atoms with Crippen molar-refractivity contribution < 1.29 is 9.53 Å². The SMILES string of the molecule is COC(=O)c1ccc(C)c(C(=N)SC)c1C. The van der Waals surface area contributed by atoms with Gasteiger partial charge in [0.2, 0.25) is 0 Å². The quantitative estimate of drug-likeness (QED) is 0.489. The molecule has 0 amide bonds. The number of carbonyl (C=O) groups excluding carboxylic acids is 1. The average Bonchev–Trinajstić information content (AvgIpc) is 2.28. The van der Waals surface area contributed by atoms with Gasteiger partial charge >= 0.3 is 5.97 Å². The zero-order valence-electron chi connectivity index (χ0n) is 9.88. The van der Waals surface area contributed by atoms with Crippen LogP contribution >= 0.6 is 11.8 Å². The summed E-state index contributed by atoms with van der Waals surface area (Å²) in [6.45, 7) is 3.79. The Kier molecular flexibility index (Phi) is 4.12. The molecular formula is C12H15NO2S. The van der Waals surface area contributed by atoms with Crippen molar-refractivity contribution in [1.82, 2.24) is 0 Å². The molecule has 0 aliphatic carbocycles. The van der Waals surface area contributed by atoms with Crippen LogP contribution in [0.4, 0.5) is 0 Å². The normalized spacial score (nSPS) is 10.0. The summed E-state index contributed by atoms with van der Waals surface area (Å²) in [5.41, 5.74) is 3.17. The number of benzene rings is 1. The van der Waals surface area contributed by atoms with Crippen LogP contribution in [0, 0.1) is 19.3 Å². The Balaban J connectivity index is 3.38. The first-order valence-corrected chi connectivity index (χ1v) is 6.06. The highest BCUT2D eigenvalue weighted by molar-refractivity contribution is 8.13. The van der Waals surface area contributed by atoms with Gasteiger partial charge in [-0.25, -0.2) is 4.79 Å². The van der Waals surface area contributed by atoms with E-state index < -0.39 is 0 Å². The molecule has 0 spiro atoms. The molecule has 0 saturated carbocycles. The van der Waals surface area contributed by atoms with E-state index >= 15 is 0 Å². The standard InChI is InChI=1S/C12H15NO2S/c1-7-5-6-9(12(14)15-3)8(2)10(7)11(13)16-4/h5-6,13H,1-4H3. The second kappa shape index (κ2) is 5.16. The summed E-state index contributed by atoms with van der Waals surface area (Å²) >= 11 is 1.37. The van der Waals surface area contributed by atoms with Crippen LogP contribution in [-0.2, 0) is 4.74 Å². The summed E-state index contributed by atoms with van der Waals surface area (Å²) in [5, 5.41) is 8.34. The number of carbonyl (C=O) groups is 1. The fraction of sp³-hybridized carbons (Fsp3) is 0.333. The monoisotopic (exact) mass is 237 g/mol. The van der Waals surface area contributed by atoms with Crippen molar-refractivity contribution in [1.29, 1.82) is 5.41 Å². The smallest absolute Gasteiger partial charge is 0.338 e. The third-order valence-corrected chi connectivity index (χ3v) is 3.12. The largest absolute Gasteiger partial charge is 0.465 e. The molecule has 0 aliphatic rings. The summed E-state index contributed by atoms with van der Waals surface area (Å²) in [7, 11) is 1.36. The predicted octanol–water partition coefficient (Wildman–Crippen LogP) is 2.78. The molecule has 0 fully saturated rings. The minimum absolute atomic E-state index is 0.354. The average molecular weight is 237 g/mol. The van der Waals surface area contributed by atoms with Crippen LogP contribution in [-0.4, -0.2) is 24.4 Å². The minimum atomic E-state index is -0.354. The second-order valence-electron chi connectivity index (χ2n) is 3.45. The number of aryl methyl sites for hydroxylation is 1. The lowest BCUT2D eigenvalue weighted by atomic mass is 9.98. The van der Waals surface area contributed by atoms with Gasteiger partial charge in [0.15, 0.2) is 0 Å². The van der Waals surface area contributed by atoms with Gasteiger partial charge in [0.05, 0.1) is 17.7 Å². The topological polar surface area (TPSA) is 50.2 Å². The zero-order valence-corrected chi connectivity index (χ0v) is 10.7. The number of thioether (sulfide) groups is 1. The number of hydrogen-bond acceptors (Lipinski definition) is 4. The first kappa shape index (κ1) is 12.8. The van der Waals surface area contributed by atoms with E-state index in [2.05, 4.69) is 0 Å². The predicted molar refractivity (Wildman–Crippen MR) is 67.6 cm³/mol. The molecule has 16 heavy (non-hydrogen) atoms. The van der Waals surface area contributed by atoms with Crippen LogP contribution in [0.25, 0.3) is 0 Å². The fourth-order valence-corrected chi connectivity index (χ4v) is 2.15. The highest BCUT2D eigenvalue weighted by Crippen LogP contribution is 2.22. The van der Waals surface area contributed by atoms with Gasteiger partial charge in [-0.05, 0) is 37.3 Å². The third kappa shape index (κ3) is 2.27. The van der Waals surface area contributed by atoms with Crippen LogP contribution in [0.15, 0.2) is 12.1 Å². The van der Waals surface area contributed by atoms with E-state index in [9.17, 15) is 4.79 Å². The summed E-state index contributed by atoms with van der Waals surface area (Å²) in [6, 6.07) is 3.59. The number of hydrogen-bond donors (Lipinski definition) is 1. The molecule has 0 aliphatic heterocycles. The maximum Gasteiger partial charge on any atom is 0.338 e. The Bertz CT molecular complexity index is 441. The summed E-state index contributed by atoms with van der Waals surface area (Å²) < 4.78 is 4.71. The van der Waals surface area contributed by atoms with Gasteiger partial charge in [-0.3, -0.25) is 5.41 Å². The highest BCUT2D eigenvalue weighted by Gasteiger charge is 2.16. The van der Waals surface area contributed by atoms with Gasteiger partial charge < -0.3 is 4.74 Å². The Morgan fingerprint density at radius 1 is 1.38 bits per heavy atom. The van der Waals surface area contributed by atoms with Gasteiger partial charge in [-0.2, -0.15) is 0 Å². The van der Waals surface area contributed by atoms with E-state index in [1.165, 1.54) is 18.9 Å². The molecule has 0 heterocycles. The van der Waals surface area contributed by atoms with Crippen molar-refractivity contribution in [3.05, 3.63) is 34.4 Å². The number of esters is 1. The first-order chi connectivity index (χ1) is 7.52. The van der Waals surface area contributed by atoms with Crippen molar-refractivity contribution in [3.8, 4) is 0 Å². The van der Waals surface area contributed by atoms with E-state index in [0.717, 1.165) is 16.7 Å². The Labute approximate surface area is 99.7 Å². The first-order valence-electron chi connectivity index (χ1n) is 4.84. The summed E-state index contributed by atoms with van der Waals surface area (Å²) in [6.07, 6.45) is 1.85. The number of nitrogens with one attached hydrogen (secondary N) is 1. The molecule has 0 bridgehead atoms. The highest BCUT2D eigenvalue weighted by atomic mass is 32.2. The lowest BCUT2D eigenvalue weighted by molar-refractivity contribution is 0.0600. The van der Waals surface area contributed by atoms with Crippen molar-refractivity contribution in [2.75, 3.05) is 13.4 Å². The Hall–Kier alpha value is -1.29. The molecule has 1 aromatic carbocycles. The van der Waals surface area contributed by atoms with E-state index in [1.54, 1.807) is 6.07 Å². The van der Waals surface area contributed by atoms with Gasteiger partial charge in [-0.1, -0.05) is 6.07 Å². The van der Waals surface area contributed by atoms with Crippen LogP contribution in [0.3, 0.4) is 0 Å². The van der Waals surface area contributed by atoms with Crippen molar-refractivity contribution in [2.45, 2.75) is 13.8 Å². The van der Waals surface area contributed by atoms with Crippen LogP contribution in [0.2, 0.25) is 0 Å². The van der Waals surface area contributed by atoms with E-state index in [4.69, 9.17) is 10.1 Å². The number of ether oxygens (including phenoxy) is 1. The van der Waals surface area contributed by atoms with E-state index in [-0.39, 0.29) is 5.97 Å². The Morgan fingerprint density at radius 2 is 2.00 bits per heavy atom. The molecule has 0 radical (unpaired) electrons. The molecular weight excluding hydrogens is 222 g/mol. The van der Waals surface area contributed by atoms with Gasteiger partial charge in [0.25, 0.3) is 0 Å². The van der Waals surface area contributed by atoms with Crippen LogP contribution in [0.5, 0.6) is 0 Å². The molecule has 1 rings (SSSR count). The van der Waals surface area contributed by atoms with Crippen molar-refractivity contribution in [2.24, 2.45) is 0 Å². The van der Waals surface area contributed by atoms with E-state index in [0.29, 0.717) is 10.6 Å². The number of rotatable bonds is 2. The van der Waals surface area contributed by atoms with Crippen LogP contribution < -0.4 is 0 Å². The van der Waals surface area contributed by atoms with Gasteiger partial charge in [-0.15, -0.1) is 11.8 Å². The molecule has 0 saturated heterocycles. The maximum absolute atomic E-state index is 11.5. The summed E-state index contributed by atoms with van der Waals surface area (Å²) in [5.74, 6) is -0.354. The second-order valence-corrected chi connectivity index (χ2v) is 4.27. The summed E-state index contributed by atoms with van der Waals surface area (Å²) in [4.78, 5) is 11.5. The number of methoxy groups -OCH3 is 1. The van der Waals surface area contributed by atoms with Crippen LogP contribution in [0.1, 0.15) is 27.0 Å². The molecule has 4 heteroatoms. The van der Waals surface area contributed by atoms with Crippen molar-refractivity contribution >= 4 is 22.8 Å². The van der Waals surface area contributed by atoms with E-state index in [1.807, 2.05) is 26.2 Å². The third-order valence-electron chi connectivity index (χ3n) is 2.51. The minimum Gasteiger partial charge on any atom is -0.465 e. The molecule has 0 atom stereocenters. The maximum atomic E-state index is 11.5. The lowest BCUT2D eigenvalue weighted by Gasteiger charge is -2.12. The van der Waals surface area contributed by atoms with Crippen molar-refractivity contribution in [3.63, 3.8) is 0 Å².